The molecular weight excluding hydrogens is 223 g/mol. The zero-order chi connectivity index (χ0) is 12.3. The van der Waals surface area contributed by atoms with Crippen LogP contribution in [0.4, 0.5) is 10.1 Å². The standard InChI is InChI=1S/C11H11FN4O/c1-8(17)16(6-11-13-7-14-15-11)10-4-2-9(12)3-5-10/h2-5,7H,6H2,1H3,(H,13,14,15). The largest absolute Gasteiger partial charge is 0.330 e. The summed E-state index contributed by atoms with van der Waals surface area (Å²) >= 11 is 0. The van der Waals surface area contributed by atoms with Gasteiger partial charge in [-0.15, -0.1) is 10.2 Å². The lowest BCUT2D eigenvalue weighted by molar-refractivity contribution is -0.116. The first-order valence-corrected chi connectivity index (χ1v) is 5.05. The smallest absolute Gasteiger partial charge is 0.224 e. The average Bonchev–Trinajstić information content (AvgIpc) is 2.80. The van der Waals surface area contributed by atoms with Crippen molar-refractivity contribution in [1.29, 1.82) is 0 Å². The van der Waals surface area contributed by atoms with Crippen molar-refractivity contribution >= 4 is 11.6 Å². The van der Waals surface area contributed by atoms with Crippen LogP contribution in [0.25, 0.3) is 0 Å². The van der Waals surface area contributed by atoms with Gasteiger partial charge in [0.2, 0.25) is 5.91 Å². The molecule has 6 heteroatoms. The number of benzene rings is 1. The first-order valence-electron chi connectivity index (χ1n) is 5.05. The van der Waals surface area contributed by atoms with Gasteiger partial charge < -0.3 is 9.88 Å². The third-order valence-electron chi connectivity index (χ3n) is 2.29. The maximum atomic E-state index is 12.8. The van der Waals surface area contributed by atoms with Crippen LogP contribution in [0.2, 0.25) is 0 Å². The van der Waals surface area contributed by atoms with Gasteiger partial charge in [0.05, 0.1) is 6.54 Å². The van der Waals surface area contributed by atoms with Crippen LogP contribution < -0.4 is 4.90 Å². The van der Waals surface area contributed by atoms with Crippen LogP contribution in [0.3, 0.4) is 0 Å². The summed E-state index contributed by atoms with van der Waals surface area (Å²) in [6, 6.07) is 5.72. The second-order valence-corrected chi connectivity index (χ2v) is 3.52. The Morgan fingerprint density at radius 2 is 2.12 bits per heavy atom. The van der Waals surface area contributed by atoms with Gasteiger partial charge in [0, 0.05) is 12.6 Å². The molecule has 0 fully saturated rings. The Morgan fingerprint density at radius 3 is 2.65 bits per heavy atom. The molecule has 1 heterocycles. The lowest BCUT2D eigenvalue weighted by Crippen LogP contribution is -2.28. The van der Waals surface area contributed by atoms with E-state index >= 15 is 0 Å². The molecule has 5 nitrogen and oxygen atoms in total. The first-order chi connectivity index (χ1) is 8.16. The number of carbonyl (C=O) groups excluding carboxylic acids is 1. The van der Waals surface area contributed by atoms with E-state index in [0.717, 1.165) is 0 Å². The summed E-state index contributed by atoms with van der Waals surface area (Å²) in [6.45, 7) is 1.72. The molecule has 0 atom stereocenters. The van der Waals surface area contributed by atoms with E-state index in [0.29, 0.717) is 11.5 Å². The molecule has 0 spiro atoms. The number of anilines is 1. The third-order valence-corrected chi connectivity index (χ3v) is 2.29. The zero-order valence-corrected chi connectivity index (χ0v) is 9.22. The molecule has 0 unspecified atom stereocenters. The van der Waals surface area contributed by atoms with E-state index in [1.54, 1.807) is 12.1 Å². The molecule has 1 aromatic carbocycles. The number of H-pyrrole nitrogens is 1. The van der Waals surface area contributed by atoms with E-state index in [4.69, 9.17) is 0 Å². The minimum Gasteiger partial charge on any atom is -0.330 e. The second kappa shape index (κ2) is 4.73. The van der Waals surface area contributed by atoms with Crippen molar-refractivity contribution in [3.05, 3.63) is 42.2 Å². The number of carbonyl (C=O) groups is 1. The molecule has 1 aromatic heterocycles. The quantitative estimate of drug-likeness (QED) is 0.875. The van der Waals surface area contributed by atoms with Gasteiger partial charge in [-0.05, 0) is 24.3 Å². The number of halogens is 1. The van der Waals surface area contributed by atoms with Crippen LogP contribution in [0.15, 0.2) is 30.6 Å². The van der Waals surface area contributed by atoms with Crippen molar-refractivity contribution in [3.8, 4) is 0 Å². The number of rotatable bonds is 3. The number of amides is 1. The van der Waals surface area contributed by atoms with E-state index < -0.39 is 0 Å². The van der Waals surface area contributed by atoms with Gasteiger partial charge in [0.25, 0.3) is 0 Å². The number of aromatic amines is 1. The van der Waals surface area contributed by atoms with Gasteiger partial charge in [-0.3, -0.25) is 4.79 Å². The highest BCUT2D eigenvalue weighted by atomic mass is 19.1. The van der Waals surface area contributed by atoms with E-state index in [2.05, 4.69) is 15.2 Å². The molecule has 0 saturated heterocycles. The van der Waals surface area contributed by atoms with Crippen LogP contribution in [0, 0.1) is 5.82 Å². The van der Waals surface area contributed by atoms with Crippen molar-refractivity contribution in [1.82, 2.24) is 15.2 Å². The van der Waals surface area contributed by atoms with Crippen LogP contribution in [0.1, 0.15) is 12.7 Å². The van der Waals surface area contributed by atoms with Gasteiger partial charge in [-0.1, -0.05) is 0 Å². The molecule has 1 N–H and O–H groups in total. The highest BCUT2D eigenvalue weighted by molar-refractivity contribution is 5.91. The van der Waals surface area contributed by atoms with E-state index in [1.807, 2.05) is 0 Å². The summed E-state index contributed by atoms with van der Waals surface area (Å²) in [5.41, 5.74) is 0.621. The maximum absolute atomic E-state index is 12.8. The van der Waals surface area contributed by atoms with Gasteiger partial charge >= 0.3 is 0 Å². The van der Waals surface area contributed by atoms with Crippen molar-refractivity contribution in [2.45, 2.75) is 13.5 Å². The van der Waals surface area contributed by atoms with E-state index in [9.17, 15) is 9.18 Å². The van der Waals surface area contributed by atoms with Crippen LogP contribution >= 0.6 is 0 Å². The predicted octanol–water partition coefficient (Wildman–Crippen LogP) is 1.50. The second-order valence-electron chi connectivity index (χ2n) is 3.52. The number of nitrogens with one attached hydrogen (secondary N) is 1. The van der Waals surface area contributed by atoms with Crippen LogP contribution in [0.5, 0.6) is 0 Å². The normalized spacial score (nSPS) is 10.2. The topological polar surface area (TPSA) is 61.9 Å². The number of hydrogen-bond donors (Lipinski definition) is 1. The van der Waals surface area contributed by atoms with E-state index in [-0.39, 0.29) is 18.3 Å². The van der Waals surface area contributed by atoms with Gasteiger partial charge in [-0.2, -0.15) is 0 Å². The molecule has 0 saturated carbocycles. The fourth-order valence-corrected chi connectivity index (χ4v) is 1.46. The Balaban J connectivity index is 2.23. The maximum Gasteiger partial charge on any atom is 0.224 e. The molecule has 2 rings (SSSR count). The summed E-state index contributed by atoms with van der Waals surface area (Å²) < 4.78 is 12.8. The Labute approximate surface area is 97.3 Å². The predicted molar refractivity (Wildman–Crippen MR) is 59.6 cm³/mol. The Kier molecular flexibility index (Phi) is 3.13. The number of nitrogens with zero attached hydrogens (tertiary/aromatic N) is 3. The molecule has 0 aliphatic rings. The van der Waals surface area contributed by atoms with E-state index in [1.165, 1.54) is 30.3 Å². The minimum absolute atomic E-state index is 0.145. The van der Waals surface area contributed by atoms with Gasteiger partial charge in [0.15, 0.2) is 0 Å². The fraction of sp³-hybridized carbons (Fsp3) is 0.182. The zero-order valence-electron chi connectivity index (χ0n) is 9.22. The first kappa shape index (κ1) is 11.3. The number of hydrogen-bond acceptors (Lipinski definition) is 3. The lowest BCUT2D eigenvalue weighted by Gasteiger charge is -2.19. The summed E-state index contributed by atoms with van der Waals surface area (Å²) in [5.74, 6) is 0.0921. The van der Waals surface area contributed by atoms with Crippen molar-refractivity contribution in [3.63, 3.8) is 0 Å². The molecular formula is C11H11FN4O. The molecule has 0 bridgehead atoms. The van der Waals surface area contributed by atoms with Crippen molar-refractivity contribution in [2.24, 2.45) is 0 Å². The fourth-order valence-electron chi connectivity index (χ4n) is 1.46. The SMILES string of the molecule is CC(=O)N(Cc1nnc[nH]1)c1ccc(F)cc1. The monoisotopic (exact) mass is 234 g/mol. The summed E-state index contributed by atoms with van der Waals surface area (Å²) in [5, 5.41) is 7.45. The molecule has 0 aliphatic heterocycles. The average molecular weight is 234 g/mol. The van der Waals surface area contributed by atoms with Gasteiger partial charge in [-0.25, -0.2) is 4.39 Å². The minimum atomic E-state index is -0.336. The van der Waals surface area contributed by atoms with Crippen molar-refractivity contribution < 1.29 is 9.18 Å². The summed E-state index contributed by atoms with van der Waals surface area (Å²) in [7, 11) is 0. The molecule has 0 aliphatic carbocycles. The summed E-state index contributed by atoms with van der Waals surface area (Å²) in [6.07, 6.45) is 1.44. The highest BCUT2D eigenvalue weighted by Gasteiger charge is 2.13. The Bertz CT molecular complexity index is 495. The van der Waals surface area contributed by atoms with Crippen LogP contribution in [-0.2, 0) is 11.3 Å². The van der Waals surface area contributed by atoms with Gasteiger partial charge in [0.1, 0.15) is 18.0 Å². The number of aromatic nitrogens is 3. The molecule has 88 valence electrons. The van der Waals surface area contributed by atoms with Crippen LogP contribution in [-0.4, -0.2) is 21.1 Å². The Morgan fingerprint density at radius 1 is 1.41 bits per heavy atom. The highest BCUT2D eigenvalue weighted by Crippen LogP contribution is 2.16. The summed E-state index contributed by atoms with van der Waals surface area (Å²) in [4.78, 5) is 15.8. The van der Waals surface area contributed by atoms with Crippen molar-refractivity contribution in [2.75, 3.05) is 4.90 Å². The molecule has 0 radical (unpaired) electrons. The molecule has 17 heavy (non-hydrogen) atoms. The molecule has 1 amide bonds. The third kappa shape index (κ3) is 2.66. The Hall–Kier alpha value is -2.24. The molecule has 2 aromatic rings. The lowest BCUT2D eigenvalue weighted by atomic mass is 10.2.